The Balaban J connectivity index is 1.70. The van der Waals surface area contributed by atoms with E-state index in [0.29, 0.717) is 6.04 Å². The molecule has 2 aliphatic carbocycles. The molecule has 3 nitrogen and oxygen atoms in total. The first kappa shape index (κ1) is 12.6. The SMILES string of the molecule is CCCOc1cccc(NC2CC3CCC2C3)c1N. The first-order valence-corrected chi connectivity index (χ1v) is 7.55. The quantitative estimate of drug-likeness (QED) is 0.794. The van der Waals surface area contributed by atoms with Gasteiger partial charge < -0.3 is 15.8 Å². The molecule has 1 aromatic carbocycles. The summed E-state index contributed by atoms with van der Waals surface area (Å²) in [5.74, 6) is 2.61. The molecule has 19 heavy (non-hydrogen) atoms. The summed E-state index contributed by atoms with van der Waals surface area (Å²) in [6.45, 7) is 2.83. The standard InChI is InChI=1S/C16H24N2O/c1-2-8-19-15-5-3-4-13(16(15)17)18-14-10-11-6-7-12(14)9-11/h3-5,11-12,14,18H,2,6-10,17H2,1H3. The molecule has 2 saturated carbocycles. The van der Waals surface area contributed by atoms with Gasteiger partial charge in [-0.25, -0.2) is 0 Å². The Morgan fingerprint density at radius 1 is 1.32 bits per heavy atom. The van der Waals surface area contributed by atoms with Crippen molar-refractivity contribution < 1.29 is 4.74 Å². The van der Waals surface area contributed by atoms with Crippen LogP contribution in [0.2, 0.25) is 0 Å². The lowest BCUT2D eigenvalue weighted by atomic mass is 9.95. The molecule has 3 heteroatoms. The lowest BCUT2D eigenvalue weighted by Gasteiger charge is -2.25. The van der Waals surface area contributed by atoms with E-state index in [4.69, 9.17) is 10.5 Å². The average Bonchev–Trinajstić information content (AvgIpc) is 3.02. The minimum absolute atomic E-state index is 0.613. The molecule has 0 aliphatic heterocycles. The zero-order valence-electron chi connectivity index (χ0n) is 11.7. The van der Waals surface area contributed by atoms with Crippen LogP contribution >= 0.6 is 0 Å². The average molecular weight is 260 g/mol. The third-order valence-corrected chi connectivity index (χ3v) is 4.61. The van der Waals surface area contributed by atoms with Crippen LogP contribution in [0.3, 0.4) is 0 Å². The van der Waals surface area contributed by atoms with Gasteiger partial charge in [0, 0.05) is 6.04 Å². The van der Waals surface area contributed by atoms with Gasteiger partial charge in [-0.15, -0.1) is 0 Å². The number of rotatable bonds is 5. The van der Waals surface area contributed by atoms with Crippen molar-refractivity contribution in [3.8, 4) is 5.75 Å². The summed E-state index contributed by atoms with van der Waals surface area (Å²) < 4.78 is 5.69. The van der Waals surface area contributed by atoms with Crippen molar-refractivity contribution in [1.82, 2.24) is 0 Å². The van der Waals surface area contributed by atoms with E-state index >= 15 is 0 Å². The molecule has 0 aromatic heterocycles. The van der Waals surface area contributed by atoms with Crippen molar-refractivity contribution in [2.24, 2.45) is 11.8 Å². The molecular weight excluding hydrogens is 236 g/mol. The second kappa shape index (κ2) is 5.32. The van der Waals surface area contributed by atoms with Gasteiger partial charge in [-0.1, -0.05) is 19.4 Å². The summed E-state index contributed by atoms with van der Waals surface area (Å²) in [5.41, 5.74) is 8.02. The number of anilines is 2. The monoisotopic (exact) mass is 260 g/mol. The Morgan fingerprint density at radius 3 is 2.89 bits per heavy atom. The molecule has 0 radical (unpaired) electrons. The fourth-order valence-electron chi connectivity index (χ4n) is 3.63. The maximum Gasteiger partial charge on any atom is 0.144 e. The van der Waals surface area contributed by atoms with E-state index in [1.165, 1.54) is 25.7 Å². The van der Waals surface area contributed by atoms with Gasteiger partial charge in [-0.05, 0) is 49.7 Å². The van der Waals surface area contributed by atoms with Gasteiger partial charge in [-0.2, -0.15) is 0 Å². The van der Waals surface area contributed by atoms with Gasteiger partial charge in [-0.3, -0.25) is 0 Å². The summed E-state index contributed by atoms with van der Waals surface area (Å²) in [6.07, 6.45) is 6.53. The topological polar surface area (TPSA) is 47.3 Å². The highest BCUT2D eigenvalue weighted by Gasteiger charge is 2.39. The number of benzene rings is 1. The zero-order chi connectivity index (χ0) is 13.2. The highest BCUT2D eigenvalue weighted by atomic mass is 16.5. The van der Waals surface area contributed by atoms with Crippen LogP contribution in [0.15, 0.2) is 18.2 Å². The van der Waals surface area contributed by atoms with Gasteiger partial charge >= 0.3 is 0 Å². The van der Waals surface area contributed by atoms with Crippen molar-refractivity contribution in [3.63, 3.8) is 0 Å². The molecule has 2 aliphatic rings. The molecule has 2 fully saturated rings. The first-order valence-electron chi connectivity index (χ1n) is 7.55. The van der Waals surface area contributed by atoms with E-state index in [-0.39, 0.29) is 0 Å². The lowest BCUT2D eigenvalue weighted by molar-refractivity contribution is 0.319. The molecule has 104 valence electrons. The molecule has 3 unspecified atom stereocenters. The third-order valence-electron chi connectivity index (χ3n) is 4.61. The summed E-state index contributed by atoms with van der Waals surface area (Å²) in [7, 11) is 0. The maximum absolute atomic E-state index is 6.21. The van der Waals surface area contributed by atoms with E-state index in [1.807, 2.05) is 12.1 Å². The maximum atomic E-state index is 6.21. The number of para-hydroxylation sites is 1. The molecule has 0 saturated heterocycles. The third kappa shape index (κ3) is 2.51. The van der Waals surface area contributed by atoms with Crippen LogP contribution in [0.5, 0.6) is 5.75 Å². The molecule has 3 N–H and O–H groups in total. The van der Waals surface area contributed by atoms with Crippen LogP contribution in [0.25, 0.3) is 0 Å². The molecule has 0 amide bonds. The van der Waals surface area contributed by atoms with Gasteiger partial charge in [0.05, 0.1) is 18.0 Å². The molecular formula is C16H24N2O. The van der Waals surface area contributed by atoms with E-state index < -0.39 is 0 Å². The van der Waals surface area contributed by atoms with Crippen molar-refractivity contribution in [2.45, 2.75) is 45.1 Å². The summed E-state index contributed by atoms with van der Waals surface area (Å²) in [4.78, 5) is 0. The van der Waals surface area contributed by atoms with Crippen molar-refractivity contribution in [2.75, 3.05) is 17.7 Å². The van der Waals surface area contributed by atoms with Crippen LogP contribution < -0.4 is 15.8 Å². The number of fused-ring (bicyclic) bond motifs is 2. The Bertz CT molecular complexity index is 446. The molecule has 2 bridgehead atoms. The van der Waals surface area contributed by atoms with Crippen LogP contribution in [0, 0.1) is 11.8 Å². The lowest BCUT2D eigenvalue weighted by Crippen LogP contribution is -2.26. The van der Waals surface area contributed by atoms with Crippen molar-refractivity contribution >= 4 is 11.4 Å². The summed E-state index contributed by atoms with van der Waals surface area (Å²) in [5, 5.41) is 3.65. The predicted molar refractivity (Wildman–Crippen MR) is 79.5 cm³/mol. The summed E-state index contributed by atoms with van der Waals surface area (Å²) >= 11 is 0. The number of nitrogen functional groups attached to an aromatic ring is 1. The Morgan fingerprint density at radius 2 is 2.21 bits per heavy atom. The first-order chi connectivity index (χ1) is 9.28. The number of ether oxygens (including phenoxy) is 1. The molecule has 1 aromatic rings. The predicted octanol–water partition coefficient (Wildman–Crippen LogP) is 3.66. The van der Waals surface area contributed by atoms with Crippen LogP contribution in [-0.2, 0) is 0 Å². The smallest absolute Gasteiger partial charge is 0.144 e. The number of nitrogens with two attached hydrogens (primary N) is 1. The van der Waals surface area contributed by atoms with Gasteiger partial charge in [0.15, 0.2) is 0 Å². The van der Waals surface area contributed by atoms with Gasteiger partial charge in [0.2, 0.25) is 0 Å². The van der Waals surface area contributed by atoms with Gasteiger partial charge in [0.1, 0.15) is 5.75 Å². The minimum atomic E-state index is 0.613. The highest BCUT2D eigenvalue weighted by Crippen LogP contribution is 2.46. The molecule has 0 heterocycles. The second-order valence-electron chi connectivity index (χ2n) is 5.99. The number of nitrogens with one attached hydrogen (secondary N) is 1. The zero-order valence-corrected chi connectivity index (χ0v) is 11.7. The number of hydrogen-bond acceptors (Lipinski definition) is 3. The molecule has 3 atom stereocenters. The summed E-state index contributed by atoms with van der Waals surface area (Å²) in [6, 6.07) is 6.66. The van der Waals surface area contributed by atoms with E-state index in [9.17, 15) is 0 Å². The second-order valence-corrected chi connectivity index (χ2v) is 5.99. The largest absolute Gasteiger partial charge is 0.491 e. The fourth-order valence-corrected chi connectivity index (χ4v) is 3.63. The van der Waals surface area contributed by atoms with E-state index in [2.05, 4.69) is 18.3 Å². The Hall–Kier alpha value is -1.38. The molecule has 0 spiro atoms. The van der Waals surface area contributed by atoms with Crippen LogP contribution in [0.1, 0.15) is 39.0 Å². The molecule has 3 rings (SSSR count). The fraction of sp³-hybridized carbons (Fsp3) is 0.625. The van der Waals surface area contributed by atoms with Crippen LogP contribution in [0.4, 0.5) is 11.4 Å². The highest BCUT2D eigenvalue weighted by molar-refractivity contribution is 5.73. The Kier molecular flexibility index (Phi) is 3.54. The minimum Gasteiger partial charge on any atom is -0.491 e. The Labute approximate surface area is 115 Å². The normalized spacial score (nSPS) is 28.6. The van der Waals surface area contributed by atoms with Gasteiger partial charge in [0.25, 0.3) is 0 Å². The number of hydrogen-bond donors (Lipinski definition) is 2. The van der Waals surface area contributed by atoms with E-state index in [0.717, 1.165) is 42.0 Å². The van der Waals surface area contributed by atoms with Crippen LogP contribution in [-0.4, -0.2) is 12.6 Å². The van der Waals surface area contributed by atoms with E-state index in [1.54, 1.807) is 0 Å². The van der Waals surface area contributed by atoms with Crippen molar-refractivity contribution in [1.29, 1.82) is 0 Å². The van der Waals surface area contributed by atoms with Crippen molar-refractivity contribution in [3.05, 3.63) is 18.2 Å².